The maximum absolute atomic E-state index is 15.5. The van der Waals surface area contributed by atoms with Crippen LogP contribution in [0.4, 0.5) is 4.39 Å². The van der Waals surface area contributed by atoms with Gasteiger partial charge in [-0.15, -0.1) is 0 Å². The molecule has 1 saturated carbocycles. The number of piperidine rings is 1. The monoisotopic (exact) mass is 494 g/mol. The molecule has 4 aliphatic rings. The molecule has 0 aromatic heterocycles. The van der Waals surface area contributed by atoms with E-state index in [0.29, 0.717) is 18.0 Å². The summed E-state index contributed by atoms with van der Waals surface area (Å²) in [6, 6.07) is 9.16. The zero-order valence-electron chi connectivity index (χ0n) is 21.1. The number of Topliss-reactive ketones (excluding diaryl/α,β-unsaturated/α-hetero) is 1. The molecule has 6 nitrogen and oxygen atoms in total. The van der Waals surface area contributed by atoms with Gasteiger partial charge in [-0.25, -0.2) is 4.39 Å². The van der Waals surface area contributed by atoms with Crippen molar-refractivity contribution in [1.82, 2.24) is 20.9 Å². The number of ketones is 2. The van der Waals surface area contributed by atoms with Crippen molar-refractivity contribution < 1.29 is 14.0 Å². The number of nitrogens with one attached hydrogen (secondary N) is 3. The summed E-state index contributed by atoms with van der Waals surface area (Å²) in [6.07, 6.45) is 11.3. The molecule has 0 amide bonds. The molecular formula is C29H39FN4O2. The van der Waals surface area contributed by atoms with Gasteiger partial charge in [-0.3, -0.25) is 25.1 Å². The normalized spacial score (nSPS) is 29.3. The highest BCUT2D eigenvalue weighted by atomic mass is 19.1. The van der Waals surface area contributed by atoms with Gasteiger partial charge in [-0.05, 0) is 30.9 Å². The molecule has 3 fully saturated rings. The molecule has 3 N–H and O–H groups in total. The van der Waals surface area contributed by atoms with E-state index in [-0.39, 0.29) is 29.8 Å². The first kappa shape index (κ1) is 25.5. The van der Waals surface area contributed by atoms with Crippen LogP contribution < -0.4 is 16.0 Å². The maximum atomic E-state index is 15.5. The number of hydrogen-bond acceptors (Lipinski definition) is 6. The smallest absolute Gasteiger partial charge is 0.197 e. The summed E-state index contributed by atoms with van der Waals surface area (Å²) in [5.41, 5.74) is 1.54. The fourth-order valence-electron chi connectivity index (χ4n) is 6.49. The molecule has 2 aliphatic heterocycles. The van der Waals surface area contributed by atoms with Gasteiger partial charge in [0.05, 0.1) is 6.17 Å². The first-order valence-electron chi connectivity index (χ1n) is 13.6. The Kier molecular flexibility index (Phi) is 8.11. The Morgan fingerprint density at radius 3 is 2.67 bits per heavy atom. The Bertz CT molecular complexity index is 982. The van der Waals surface area contributed by atoms with Crippen LogP contribution in [0.2, 0.25) is 0 Å². The highest BCUT2D eigenvalue weighted by Gasteiger charge is 2.47. The van der Waals surface area contributed by atoms with Crippen molar-refractivity contribution in [2.45, 2.75) is 75.3 Å². The molecule has 4 atom stereocenters. The fourth-order valence-corrected chi connectivity index (χ4v) is 6.49. The summed E-state index contributed by atoms with van der Waals surface area (Å²) < 4.78 is 15.5. The largest absolute Gasteiger partial charge is 0.303 e. The predicted octanol–water partition coefficient (Wildman–Crippen LogP) is 3.51. The van der Waals surface area contributed by atoms with Crippen LogP contribution in [0.25, 0.3) is 0 Å². The third-order valence-electron chi connectivity index (χ3n) is 8.59. The van der Waals surface area contributed by atoms with E-state index in [0.717, 1.165) is 45.6 Å². The van der Waals surface area contributed by atoms with Crippen molar-refractivity contribution in [3.8, 4) is 0 Å². The van der Waals surface area contributed by atoms with Crippen LogP contribution in [-0.4, -0.2) is 66.7 Å². The van der Waals surface area contributed by atoms with Crippen molar-refractivity contribution in [1.29, 1.82) is 0 Å². The van der Waals surface area contributed by atoms with E-state index in [2.05, 4.69) is 26.9 Å². The average molecular weight is 495 g/mol. The van der Waals surface area contributed by atoms with Gasteiger partial charge in [0.25, 0.3) is 0 Å². The summed E-state index contributed by atoms with van der Waals surface area (Å²) in [4.78, 5) is 27.1. The number of carbonyl (C=O) groups is 2. The summed E-state index contributed by atoms with van der Waals surface area (Å²) in [6.45, 7) is 3.24. The lowest BCUT2D eigenvalue weighted by Gasteiger charge is -2.49. The van der Waals surface area contributed by atoms with Crippen LogP contribution in [0.3, 0.4) is 0 Å². The predicted molar refractivity (Wildman–Crippen MR) is 139 cm³/mol. The number of halogens is 1. The van der Waals surface area contributed by atoms with Crippen LogP contribution in [0, 0.1) is 5.92 Å². The molecule has 2 heterocycles. The molecule has 36 heavy (non-hydrogen) atoms. The van der Waals surface area contributed by atoms with E-state index in [1.54, 1.807) is 30.3 Å². The Balaban J connectivity index is 1.36. The maximum Gasteiger partial charge on any atom is 0.197 e. The van der Waals surface area contributed by atoms with E-state index in [9.17, 15) is 9.59 Å². The average Bonchev–Trinajstić information content (AvgIpc) is 3.38. The number of benzene rings is 1. The van der Waals surface area contributed by atoms with E-state index in [1.807, 2.05) is 12.1 Å². The van der Waals surface area contributed by atoms with Gasteiger partial charge < -0.3 is 5.32 Å². The number of allylic oxidation sites excluding steroid dienone is 3. The Morgan fingerprint density at radius 2 is 1.97 bits per heavy atom. The molecule has 1 aromatic rings. The van der Waals surface area contributed by atoms with Gasteiger partial charge >= 0.3 is 0 Å². The minimum absolute atomic E-state index is 0.0720. The van der Waals surface area contributed by atoms with Crippen molar-refractivity contribution in [2.24, 2.45) is 5.92 Å². The van der Waals surface area contributed by atoms with E-state index in [4.69, 9.17) is 0 Å². The van der Waals surface area contributed by atoms with E-state index >= 15 is 4.39 Å². The molecule has 7 heteroatoms. The molecule has 2 aliphatic carbocycles. The Labute approximate surface area is 213 Å². The number of likely N-dealkylation sites (tertiary alicyclic amines) is 1. The van der Waals surface area contributed by atoms with Crippen LogP contribution in [-0.2, 0) is 4.79 Å². The fraction of sp³-hybridized carbons (Fsp3) is 0.586. The van der Waals surface area contributed by atoms with Crippen molar-refractivity contribution in [2.75, 3.05) is 26.3 Å². The van der Waals surface area contributed by atoms with Gasteiger partial charge in [0, 0.05) is 62.2 Å². The lowest BCUT2D eigenvalue weighted by Crippen LogP contribution is -2.63. The van der Waals surface area contributed by atoms with E-state index in [1.165, 1.54) is 24.8 Å². The van der Waals surface area contributed by atoms with Crippen molar-refractivity contribution in [3.63, 3.8) is 0 Å². The molecular weight excluding hydrogens is 455 g/mol. The summed E-state index contributed by atoms with van der Waals surface area (Å²) in [7, 11) is 0. The van der Waals surface area contributed by atoms with Gasteiger partial charge in [0.2, 0.25) is 0 Å². The SMILES string of the molecule is O=C1C=CC(C2CN(C(CC(F)C(=O)c3ccccc3)NC3CCCCC3)CCC23CNCN3)=CC1. The summed E-state index contributed by atoms with van der Waals surface area (Å²) in [5.74, 6) is -0.118. The quantitative estimate of drug-likeness (QED) is 0.481. The number of carbonyl (C=O) groups excluding carboxylic acids is 2. The molecule has 1 spiro atoms. The second-order valence-corrected chi connectivity index (χ2v) is 10.9. The topological polar surface area (TPSA) is 73.5 Å². The molecule has 0 bridgehead atoms. The van der Waals surface area contributed by atoms with Gasteiger partial charge in [0.15, 0.2) is 17.7 Å². The third-order valence-corrected chi connectivity index (χ3v) is 8.59. The standard InChI is InChI=1S/C29H39FN4O2/c30-26(28(36)22-7-3-1-4-8-22)17-27(33-23-9-5-2-6-10-23)34-16-15-29(19-31-20-32-29)25(18-34)21-11-13-24(35)14-12-21/h1,3-4,7-8,11-13,23,25-27,31-33H,2,5-6,9-10,14-20H2. The summed E-state index contributed by atoms with van der Waals surface area (Å²) in [5, 5.41) is 11.0. The van der Waals surface area contributed by atoms with Crippen LogP contribution in [0.1, 0.15) is 61.7 Å². The second kappa shape index (κ2) is 11.5. The Morgan fingerprint density at radius 1 is 1.17 bits per heavy atom. The number of hydrogen-bond donors (Lipinski definition) is 3. The van der Waals surface area contributed by atoms with Gasteiger partial charge in [0.1, 0.15) is 0 Å². The molecule has 2 saturated heterocycles. The minimum Gasteiger partial charge on any atom is -0.303 e. The van der Waals surface area contributed by atoms with E-state index < -0.39 is 12.0 Å². The lowest BCUT2D eigenvalue weighted by molar-refractivity contribution is -0.113. The highest BCUT2D eigenvalue weighted by Crippen LogP contribution is 2.37. The number of rotatable bonds is 8. The lowest BCUT2D eigenvalue weighted by atomic mass is 9.73. The first-order valence-corrected chi connectivity index (χ1v) is 13.6. The van der Waals surface area contributed by atoms with Crippen LogP contribution in [0.5, 0.6) is 0 Å². The van der Waals surface area contributed by atoms with Crippen molar-refractivity contribution >= 4 is 11.6 Å². The third kappa shape index (κ3) is 5.70. The minimum atomic E-state index is -1.56. The Hall–Kier alpha value is -2.19. The number of alkyl halides is 1. The first-order chi connectivity index (χ1) is 17.5. The highest BCUT2D eigenvalue weighted by molar-refractivity contribution is 5.99. The van der Waals surface area contributed by atoms with Gasteiger partial charge in [-0.2, -0.15) is 0 Å². The zero-order chi connectivity index (χ0) is 25.0. The van der Waals surface area contributed by atoms with Crippen LogP contribution >= 0.6 is 0 Å². The van der Waals surface area contributed by atoms with Crippen LogP contribution in [0.15, 0.2) is 54.1 Å². The molecule has 1 aromatic carbocycles. The van der Waals surface area contributed by atoms with Crippen molar-refractivity contribution in [3.05, 3.63) is 59.7 Å². The van der Waals surface area contributed by atoms with Gasteiger partial charge in [-0.1, -0.05) is 61.7 Å². The number of nitrogens with zero attached hydrogens (tertiary/aromatic N) is 1. The molecule has 5 rings (SSSR count). The molecule has 4 unspecified atom stereocenters. The molecule has 194 valence electrons. The molecule has 0 radical (unpaired) electrons. The second-order valence-electron chi connectivity index (χ2n) is 10.9. The zero-order valence-corrected chi connectivity index (χ0v) is 21.1. The summed E-state index contributed by atoms with van der Waals surface area (Å²) >= 11 is 0.